The Kier molecular flexibility index (Phi) is 5.35. The normalized spacial score (nSPS) is 12.2. The van der Waals surface area contributed by atoms with Crippen LogP contribution in [0.2, 0.25) is 0 Å². The summed E-state index contributed by atoms with van der Waals surface area (Å²) in [5.41, 5.74) is 0. The summed E-state index contributed by atoms with van der Waals surface area (Å²) < 4.78 is 5.43. The number of ether oxygens (including phenoxy) is 1. The van der Waals surface area contributed by atoms with E-state index in [2.05, 4.69) is 15.3 Å². The van der Waals surface area contributed by atoms with Gasteiger partial charge in [0, 0.05) is 12.6 Å². The largest absolute Gasteiger partial charge is 0.481 e. The summed E-state index contributed by atoms with van der Waals surface area (Å²) in [5.74, 6) is -0.182. The van der Waals surface area contributed by atoms with Crippen molar-refractivity contribution >= 4 is 11.8 Å². The first kappa shape index (κ1) is 14.2. The molecular weight excluding hydrogens is 234 g/mol. The fourth-order valence-electron chi connectivity index (χ4n) is 1.38. The van der Waals surface area contributed by atoms with E-state index in [0.717, 1.165) is 0 Å². The molecule has 1 atom stereocenters. The highest BCUT2D eigenvalue weighted by atomic mass is 16.5. The smallest absolute Gasteiger partial charge is 0.308 e. The lowest BCUT2D eigenvalue weighted by atomic mass is 10.1. The second-order valence-electron chi connectivity index (χ2n) is 4.23. The molecule has 1 unspecified atom stereocenters. The topological polar surface area (TPSA) is 84.3 Å². The fourth-order valence-corrected chi connectivity index (χ4v) is 1.38. The van der Waals surface area contributed by atoms with Crippen molar-refractivity contribution in [2.45, 2.75) is 33.3 Å². The third kappa shape index (κ3) is 4.57. The van der Waals surface area contributed by atoms with Crippen LogP contribution in [-0.4, -0.2) is 33.7 Å². The summed E-state index contributed by atoms with van der Waals surface area (Å²) in [5, 5.41) is 11.9. The molecule has 0 aromatic carbocycles. The zero-order valence-corrected chi connectivity index (χ0v) is 10.9. The monoisotopic (exact) mass is 253 g/mol. The van der Waals surface area contributed by atoms with Crippen LogP contribution >= 0.6 is 0 Å². The molecule has 0 spiro atoms. The minimum Gasteiger partial charge on any atom is -0.481 e. The summed E-state index contributed by atoms with van der Waals surface area (Å²) in [6.07, 6.45) is 2.00. The van der Waals surface area contributed by atoms with Gasteiger partial charge in [0.2, 0.25) is 5.88 Å². The molecule has 0 amide bonds. The van der Waals surface area contributed by atoms with E-state index in [-0.39, 0.29) is 6.10 Å². The van der Waals surface area contributed by atoms with E-state index < -0.39 is 11.9 Å². The Morgan fingerprint density at radius 2 is 2.22 bits per heavy atom. The molecule has 1 heterocycles. The van der Waals surface area contributed by atoms with Crippen LogP contribution in [0.25, 0.3) is 0 Å². The first-order valence-electron chi connectivity index (χ1n) is 5.98. The van der Waals surface area contributed by atoms with Gasteiger partial charge in [0.15, 0.2) is 0 Å². The molecule has 2 N–H and O–H groups in total. The Bertz CT molecular complexity index is 396. The number of rotatable bonds is 7. The Balaban J connectivity index is 2.59. The molecule has 1 aromatic rings. The van der Waals surface area contributed by atoms with Gasteiger partial charge in [0.1, 0.15) is 12.1 Å². The Morgan fingerprint density at radius 3 is 2.78 bits per heavy atom. The molecule has 0 aliphatic rings. The first-order chi connectivity index (χ1) is 8.52. The first-order valence-corrected chi connectivity index (χ1v) is 5.98. The van der Waals surface area contributed by atoms with Gasteiger partial charge >= 0.3 is 5.97 Å². The minimum absolute atomic E-state index is 0.0372. The Hall–Kier alpha value is -1.85. The summed E-state index contributed by atoms with van der Waals surface area (Å²) in [6.45, 7) is 6.00. The van der Waals surface area contributed by atoms with Crippen LogP contribution in [0.15, 0.2) is 12.4 Å². The summed E-state index contributed by atoms with van der Waals surface area (Å²) in [7, 11) is 0. The van der Waals surface area contributed by atoms with Crippen molar-refractivity contribution in [1.29, 1.82) is 0 Å². The lowest BCUT2D eigenvalue weighted by Gasteiger charge is -2.12. The van der Waals surface area contributed by atoms with Gasteiger partial charge in [-0.15, -0.1) is 0 Å². The van der Waals surface area contributed by atoms with E-state index in [9.17, 15) is 4.79 Å². The molecule has 0 aliphatic carbocycles. The molecule has 0 radical (unpaired) electrons. The summed E-state index contributed by atoms with van der Waals surface area (Å²) >= 11 is 0. The number of hydrogen-bond acceptors (Lipinski definition) is 5. The van der Waals surface area contributed by atoms with Crippen LogP contribution < -0.4 is 10.1 Å². The average molecular weight is 253 g/mol. The van der Waals surface area contributed by atoms with Gasteiger partial charge in [-0.3, -0.25) is 4.79 Å². The maximum atomic E-state index is 10.9. The number of nitrogens with one attached hydrogen (secondary N) is 1. The van der Waals surface area contributed by atoms with Crippen molar-refractivity contribution in [2.75, 3.05) is 11.9 Å². The number of anilines is 1. The molecule has 0 saturated carbocycles. The van der Waals surface area contributed by atoms with Gasteiger partial charge in [0.25, 0.3) is 0 Å². The molecule has 6 nitrogen and oxygen atoms in total. The maximum Gasteiger partial charge on any atom is 0.308 e. The molecule has 1 rings (SSSR count). The van der Waals surface area contributed by atoms with Gasteiger partial charge in [-0.25, -0.2) is 9.97 Å². The lowest BCUT2D eigenvalue weighted by molar-refractivity contribution is -0.141. The molecular formula is C12H19N3O3. The number of nitrogens with zero attached hydrogens (tertiary/aromatic N) is 2. The molecule has 100 valence electrons. The third-order valence-corrected chi connectivity index (χ3v) is 2.37. The Labute approximate surface area is 106 Å². The van der Waals surface area contributed by atoms with Crippen molar-refractivity contribution in [3.8, 4) is 5.88 Å². The zero-order valence-electron chi connectivity index (χ0n) is 10.9. The van der Waals surface area contributed by atoms with Crippen LogP contribution in [0.5, 0.6) is 5.88 Å². The standard InChI is InChI=1S/C12H19N3O3/c1-4-9(12(16)17)6-13-10-5-11(15-7-14-10)18-8(2)3/h5,7-9H,4,6H2,1-3H3,(H,16,17)(H,13,14,15). The lowest BCUT2D eigenvalue weighted by Crippen LogP contribution is -2.22. The summed E-state index contributed by atoms with van der Waals surface area (Å²) in [6, 6.07) is 1.66. The maximum absolute atomic E-state index is 10.9. The van der Waals surface area contributed by atoms with E-state index in [1.165, 1.54) is 6.33 Å². The summed E-state index contributed by atoms with van der Waals surface area (Å²) in [4.78, 5) is 18.9. The second kappa shape index (κ2) is 6.78. The highest BCUT2D eigenvalue weighted by Gasteiger charge is 2.14. The predicted molar refractivity (Wildman–Crippen MR) is 67.7 cm³/mol. The van der Waals surface area contributed by atoms with Crippen molar-refractivity contribution in [1.82, 2.24) is 9.97 Å². The number of carboxylic acid groups (broad SMARTS) is 1. The number of carboxylic acids is 1. The van der Waals surface area contributed by atoms with Gasteiger partial charge in [-0.1, -0.05) is 6.92 Å². The van der Waals surface area contributed by atoms with E-state index >= 15 is 0 Å². The van der Waals surface area contributed by atoms with Crippen LogP contribution in [0.3, 0.4) is 0 Å². The van der Waals surface area contributed by atoms with Crippen molar-refractivity contribution in [3.05, 3.63) is 12.4 Å². The van der Waals surface area contributed by atoms with Crippen molar-refractivity contribution in [2.24, 2.45) is 5.92 Å². The second-order valence-corrected chi connectivity index (χ2v) is 4.23. The fraction of sp³-hybridized carbons (Fsp3) is 0.583. The number of aliphatic carboxylic acids is 1. The predicted octanol–water partition coefficient (Wildman–Crippen LogP) is 1.79. The highest BCUT2D eigenvalue weighted by Crippen LogP contribution is 2.13. The molecule has 0 fully saturated rings. The molecule has 18 heavy (non-hydrogen) atoms. The Morgan fingerprint density at radius 1 is 1.50 bits per heavy atom. The number of hydrogen-bond donors (Lipinski definition) is 2. The zero-order chi connectivity index (χ0) is 13.5. The van der Waals surface area contributed by atoms with Crippen LogP contribution in [0.1, 0.15) is 27.2 Å². The van der Waals surface area contributed by atoms with Crippen molar-refractivity contribution in [3.63, 3.8) is 0 Å². The molecule has 0 aliphatic heterocycles. The van der Waals surface area contributed by atoms with Crippen LogP contribution in [-0.2, 0) is 4.79 Å². The molecule has 0 bridgehead atoms. The van der Waals surface area contributed by atoms with Crippen molar-refractivity contribution < 1.29 is 14.6 Å². The number of carbonyl (C=O) groups is 1. The SMILES string of the molecule is CCC(CNc1cc(OC(C)C)ncn1)C(=O)O. The van der Waals surface area contributed by atoms with E-state index in [0.29, 0.717) is 24.7 Å². The average Bonchev–Trinajstić information content (AvgIpc) is 2.29. The minimum atomic E-state index is -0.808. The van der Waals surface area contributed by atoms with Gasteiger partial charge in [-0.05, 0) is 20.3 Å². The van der Waals surface area contributed by atoms with E-state index in [1.54, 1.807) is 6.07 Å². The van der Waals surface area contributed by atoms with E-state index in [4.69, 9.17) is 9.84 Å². The van der Waals surface area contributed by atoms with Crippen LogP contribution in [0, 0.1) is 5.92 Å². The quantitative estimate of drug-likeness (QED) is 0.770. The molecule has 0 saturated heterocycles. The van der Waals surface area contributed by atoms with E-state index in [1.807, 2.05) is 20.8 Å². The highest BCUT2D eigenvalue weighted by molar-refractivity contribution is 5.70. The number of aromatic nitrogens is 2. The molecule has 1 aromatic heterocycles. The van der Waals surface area contributed by atoms with Crippen LogP contribution in [0.4, 0.5) is 5.82 Å². The third-order valence-electron chi connectivity index (χ3n) is 2.37. The molecule has 6 heteroatoms. The van der Waals surface area contributed by atoms with Gasteiger partial charge < -0.3 is 15.2 Å². The van der Waals surface area contributed by atoms with Gasteiger partial charge in [0.05, 0.1) is 12.0 Å². The van der Waals surface area contributed by atoms with Gasteiger partial charge in [-0.2, -0.15) is 0 Å².